The topological polar surface area (TPSA) is 74.8 Å². The summed E-state index contributed by atoms with van der Waals surface area (Å²) in [4.78, 5) is 56.5. The summed E-state index contributed by atoms with van der Waals surface area (Å²) in [5.41, 5.74) is 4.09. The zero-order valence-electron chi connectivity index (χ0n) is 22.1. The Balaban J connectivity index is 1.34. The van der Waals surface area contributed by atoms with Crippen LogP contribution in [0.3, 0.4) is 0 Å². The highest BCUT2D eigenvalue weighted by Gasteiger charge is 2.63. The average molecular weight is 650 g/mol. The SMILES string of the molecule is O=C(CN(C(=O)c1ccc(Cl)c(Cl)c1)N1C(=O)[C@@H]2C3c4ccccc4C(c4ccccc43)[C@H]2C1=O)c1ccc(Cl)cc1Cl. The fraction of sp³-hybridized carbons (Fsp3) is 0.152. The molecule has 4 aliphatic rings. The van der Waals surface area contributed by atoms with Crippen LogP contribution < -0.4 is 0 Å². The molecule has 0 spiro atoms. The Morgan fingerprint density at radius 1 is 0.651 bits per heavy atom. The maximum Gasteiger partial charge on any atom is 0.273 e. The van der Waals surface area contributed by atoms with Gasteiger partial charge >= 0.3 is 0 Å². The molecule has 43 heavy (non-hydrogen) atoms. The predicted molar refractivity (Wildman–Crippen MR) is 164 cm³/mol. The molecule has 0 radical (unpaired) electrons. The number of hydrogen-bond acceptors (Lipinski definition) is 4. The van der Waals surface area contributed by atoms with Crippen molar-refractivity contribution in [3.63, 3.8) is 0 Å². The molecular weight excluding hydrogens is 630 g/mol. The molecule has 3 amide bonds. The molecule has 6 nitrogen and oxygen atoms in total. The lowest BCUT2D eigenvalue weighted by Crippen LogP contribution is -2.52. The van der Waals surface area contributed by atoms with Gasteiger partial charge in [-0.15, -0.1) is 0 Å². The zero-order chi connectivity index (χ0) is 30.2. The highest BCUT2D eigenvalue weighted by atomic mass is 35.5. The molecule has 0 N–H and O–H groups in total. The number of halogens is 4. The van der Waals surface area contributed by atoms with Crippen LogP contribution in [0.1, 0.15) is 54.8 Å². The summed E-state index contributed by atoms with van der Waals surface area (Å²) < 4.78 is 0. The molecular formula is C33H20Cl4N2O4. The number of imide groups is 1. The molecule has 214 valence electrons. The Morgan fingerprint density at radius 2 is 1.19 bits per heavy atom. The van der Waals surface area contributed by atoms with Crippen molar-refractivity contribution in [1.82, 2.24) is 10.0 Å². The molecule has 0 unspecified atom stereocenters. The third-order valence-corrected chi connectivity index (χ3v) is 9.88. The van der Waals surface area contributed by atoms with Crippen molar-refractivity contribution in [2.45, 2.75) is 11.8 Å². The fourth-order valence-corrected chi connectivity index (χ4v) is 7.66. The van der Waals surface area contributed by atoms with Gasteiger partial charge < -0.3 is 0 Å². The number of ketones is 1. The second-order valence-electron chi connectivity index (χ2n) is 10.8. The first-order valence-corrected chi connectivity index (χ1v) is 15.0. The van der Waals surface area contributed by atoms with Gasteiger partial charge in [0.1, 0.15) is 6.54 Å². The fourth-order valence-electron chi connectivity index (χ4n) is 6.85. The van der Waals surface area contributed by atoms with Crippen LogP contribution in [0.25, 0.3) is 0 Å². The molecule has 2 bridgehead atoms. The smallest absolute Gasteiger partial charge is 0.273 e. The number of nitrogens with zero attached hydrogens (tertiary/aromatic N) is 2. The Labute approximate surface area is 266 Å². The number of amides is 3. The summed E-state index contributed by atoms with van der Waals surface area (Å²) in [7, 11) is 0. The Bertz CT molecular complexity index is 1780. The van der Waals surface area contributed by atoms with Crippen molar-refractivity contribution in [2.75, 3.05) is 6.54 Å². The van der Waals surface area contributed by atoms with E-state index in [-0.39, 0.29) is 38.0 Å². The third kappa shape index (κ3) is 4.31. The number of carbonyl (C=O) groups is 4. The van der Waals surface area contributed by atoms with Gasteiger partial charge in [0.05, 0.1) is 26.9 Å². The molecule has 8 rings (SSSR count). The van der Waals surface area contributed by atoms with Gasteiger partial charge in [-0.25, -0.2) is 5.01 Å². The molecule has 4 aromatic carbocycles. The van der Waals surface area contributed by atoms with E-state index >= 15 is 0 Å². The molecule has 1 heterocycles. The molecule has 1 saturated heterocycles. The number of rotatable bonds is 5. The maximum atomic E-state index is 14.4. The lowest BCUT2D eigenvalue weighted by Gasteiger charge is -2.45. The van der Waals surface area contributed by atoms with Gasteiger partial charge in [-0.2, -0.15) is 5.01 Å². The van der Waals surface area contributed by atoms with Gasteiger partial charge in [0.15, 0.2) is 5.78 Å². The summed E-state index contributed by atoms with van der Waals surface area (Å²) in [6.07, 6.45) is 0. The van der Waals surface area contributed by atoms with E-state index in [2.05, 4.69) is 0 Å². The molecule has 2 atom stereocenters. The van der Waals surface area contributed by atoms with Gasteiger partial charge in [-0.1, -0.05) is 94.9 Å². The standard InChI is InChI=1S/C33H20Cl4N2O4/c34-17-10-11-22(24(36)14-17)26(40)15-38(31(41)16-9-12-23(35)25(37)13-16)39-32(42)29-27-18-5-1-2-6-19(18)28(30(29)33(39)43)21-8-4-3-7-20(21)27/h1-14,27-30H,15H2/t27?,28?,29-,30-/m1/s1. The molecule has 10 heteroatoms. The van der Waals surface area contributed by atoms with Crippen LogP contribution in [-0.2, 0) is 9.59 Å². The largest absolute Gasteiger partial charge is 0.292 e. The number of carbonyl (C=O) groups excluding carboxylic acids is 4. The lowest BCUT2D eigenvalue weighted by molar-refractivity contribution is -0.154. The van der Waals surface area contributed by atoms with Crippen molar-refractivity contribution in [2.24, 2.45) is 11.8 Å². The zero-order valence-corrected chi connectivity index (χ0v) is 25.2. The van der Waals surface area contributed by atoms with Crippen LogP contribution in [0.15, 0.2) is 84.9 Å². The van der Waals surface area contributed by atoms with E-state index in [4.69, 9.17) is 46.4 Å². The van der Waals surface area contributed by atoms with Gasteiger partial charge in [-0.3, -0.25) is 19.2 Å². The second kappa shape index (κ2) is 10.5. The minimum Gasteiger partial charge on any atom is -0.292 e. The minimum absolute atomic E-state index is 0.0504. The van der Waals surface area contributed by atoms with Crippen molar-refractivity contribution in [3.8, 4) is 0 Å². The monoisotopic (exact) mass is 648 g/mol. The summed E-state index contributed by atoms with van der Waals surface area (Å²) in [6.45, 7) is -0.632. The lowest BCUT2D eigenvalue weighted by atomic mass is 9.55. The summed E-state index contributed by atoms with van der Waals surface area (Å²) in [5, 5.41) is 2.51. The first kappa shape index (κ1) is 28.1. The highest BCUT2D eigenvalue weighted by Crippen LogP contribution is 2.61. The quantitative estimate of drug-likeness (QED) is 0.166. The summed E-state index contributed by atoms with van der Waals surface area (Å²) in [5.74, 6) is -4.70. The van der Waals surface area contributed by atoms with Crippen molar-refractivity contribution in [3.05, 3.63) is 138 Å². The molecule has 0 aromatic heterocycles. The van der Waals surface area contributed by atoms with Crippen molar-refractivity contribution in [1.29, 1.82) is 0 Å². The highest BCUT2D eigenvalue weighted by molar-refractivity contribution is 6.42. The maximum absolute atomic E-state index is 14.4. The number of Topliss-reactive ketones (excluding diaryl/α,β-unsaturated/α-hetero) is 1. The van der Waals surface area contributed by atoms with E-state index in [0.29, 0.717) is 5.02 Å². The van der Waals surface area contributed by atoms with E-state index in [1.165, 1.54) is 36.4 Å². The van der Waals surface area contributed by atoms with Crippen LogP contribution in [-0.4, -0.2) is 40.1 Å². The van der Waals surface area contributed by atoms with Gasteiger partial charge in [0.25, 0.3) is 17.7 Å². The number of hydrogen-bond donors (Lipinski definition) is 0. The normalized spacial score (nSPS) is 21.3. The van der Waals surface area contributed by atoms with Crippen molar-refractivity contribution < 1.29 is 19.2 Å². The Hall–Kier alpha value is -3.68. The Kier molecular flexibility index (Phi) is 6.86. The second-order valence-corrected chi connectivity index (χ2v) is 12.5. The van der Waals surface area contributed by atoms with Crippen molar-refractivity contribution >= 4 is 69.9 Å². The summed E-state index contributed by atoms with van der Waals surface area (Å²) in [6, 6.07) is 24.2. The third-order valence-electron chi connectivity index (χ3n) is 8.59. The predicted octanol–water partition coefficient (Wildman–Crippen LogP) is 7.43. The van der Waals surface area contributed by atoms with Crippen LogP contribution in [0.5, 0.6) is 0 Å². The van der Waals surface area contributed by atoms with Gasteiger partial charge in [0, 0.05) is 28.0 Å². The van der Waals surface area contributed by atoms with Gasteiger partial charge in [-0.05, 0) is 58.7 Å². The van der Waals surface area contributed by atoms with E-state index < -0.39 is 41.9 Å². The van der Waals surface area contributed by atoms with E-state index in [1.54, 1.807) is 0 Å². The number of benzene rings is 4. The summed E-state index contributed by atoms with van der Waals surface area (Å²) >= 11 is 24.7. The number of hydrazine groups is 1. The first-order valence-electron chi connectivity index (χ1n) is 13.5. The van der Waals surface area contributed by atoms with E-state index in [9.17, 15) is 19.2 Å². The van der Waals surface area contributed by atoms with Crippen LogP contribution >= 0.6 is 46.4 Å². The molecule has 1 aliphatic heterocycles. The molecule has 4 aromatic rings. The molecule has 1 fully saturated rings. The Morgan fingerprint density at radius 3 is 1.67 bits per heavy atom. The van der Waals surface area contributed by atoms with Gasteiger partial charge in [0.2, 0.25) is 0 Å². The van der Waals surface area contributed by atoms with E-state index in [1.807, 2.05) is 48.5 Å². The van der Waals surface area contributed by atoms with Crippen LogP contribution in [0.4, 0.5) is 0 Å². The van der Waals surface area contributed by atoms with E-state index in [0.717, 1.165) is 32.3 Å². The van der Waals surface area contributed by atoms with Crippen LogP contribution in [0.2, 0.25) is 20.1 Å². The molecule has 3 aliphatic carbocycles. The molecule has 0 saturated carbocycles. The van der Waals surface area contributed by atoms with Crippen LogP contribution in [0, 0.1) is 11.8 Å². The average Bonchev–Trinajstić information content (AvgIpc) is 3.26. The minimum atomic E-state index is -0.764. The first-order chi connectivity index (χ1) is 20.7.